The van der Waals surface area contributed by atoms with Crippen molar-refractivity contribution in [1.29, 1.82) is 0 Å². The Morgan fingerprint density at radius 2 is 1.07 bits per heavy atom. The number of aliphatic imine (C=N–C) groups is 2. The highest BCUT2D eigenvalue weighted by atomic mass is 35.5. The molecule has 144 valence electrons. The number of phenols is 2. The standard InChI is InChI=1S/C21H24Cl2N2O2/c22-18-6-8-20(26)16(12-18)14-24-10-4-2-1-3-5-11-25-15-17-13-19(23)7-9-21(17)27/h6-9,12-15,26-27H,1-5,10-11H2. The van der Waals surface area contributed by atoms with Crippen LogP contribution in [0.4, 0.5) is 0 Å². The van der Waals surface area contributed by atoms with Crippen LogP contribution in [0.2, 0.25) is 10.0 Å². The Morgan fingerprint density at radius 3 is 1.52 bits per heavy atom. The summed E-state index contributed by atoms with van der Waals surface area (Å²) >= 11 is 11.8. The molecule has 0 fully saturated rings. The Bertz CT molecular complexity index is 726. The zero-order chi connectivity index (χ0) is 19.5. The quantitative estimate of drug-likeness (QED) is 0.381. The van der Waals surface area contributed by atoms with Gasteiger partial charge in [0.05, 0.1) is 0 Å². The number of hydrogen-bond donors (Lipinski definition) is 2. The molecule has 2 aromatic rings. The highest BCUT2D eigenvalue weighted by Gasteiger charge is 1.99. The molecule has 2 N–H and O–H groups in total. The lowest BCUT2D eigenvalue weighted by Crippen LogP contribution is -1.89. The Hall–Kier alpha value is -2.04. The van der Waals surface area contributed by atoms with Crippen molar-refractivity contribution in [3.8, 4) is 11.5 Å². The summed E-state index contributed by atoms with van der Waals surface area (Å²) in [6, 6.07) is 9.83. The molecule has 6 heteroatoms. The molecule has 0 unspecified atom stereocenters. The Labute approximate surface area is 170 Å². The summed E-state index contributed by atoms with van der Waals surface area (Å²) in [7, 11) is 0. The minimum absolute atomic E-state index is 0.190. The van der Waals surface area contributed by atoms with Crippen LogP contribution in [0, 0.1) is 0 Å². The third-order valence-electron chi connectivity index (χ3n) is 4.01. The second-order valence-corrected chi connectivity index (χ2v) is 7.12. The van der Waals surface area contributed by atoms with Crippen LogP contribution in [0.1, 0.15) is 43.2 Å². The molecular weight excluding hydrogens is 383 g/mol. The van der Waals surface area contributed by atoms with Crippen molar-refractivity contribution in [2.24, 2.45) is 9.98 Å². The van der Waals surface area contributed by atoms with Gasteiger partial charge in [-0.25, -0.2) is 0 Å². The highest BCUT2D eigenvalue weighted by Crippen LogP contribution is 2.20. The molecule has 0 saturated heterocycles. The largest absolute Gasteiger partial charge is 0.507 e. The number of rotatable bonds is 10. The van der Waals surface area contributed by atoms with Crippen molar-refractivity contribution < 1.29 is 10.2 Å². The van der Waals surface area contributed by atoms with Gasteiger partial charge < -0.3 is 10.2 Å². The predicted molar refractivity (Wildman–Crippen MR) is 114 cm³/mol. The van der Waals surface area contributed by atoms with E-state index in [-0.39, 0.29) is 11.5 Å². The van der Waals surface area contributed by atoms with E-state index in [0.717, 1.165) is 45.2 Å². The van der Waals surface area contributed by atoms with E-state index in [2.05, 4.69) is 9.98 Å². The number of aromatic hydroxyl groups is 2. The summed E-state index contributed by atoms with van der Waals surface area (Å²) < 4.78 is 0. The van der Waals surface area contributed by atoms with Crippen LogP contribution in [-0.4, -0.2) is 35.7 Å². The number of benzene rings is 2. The number of phenolic OH excluding ortho intramolecular Hbond substituents is 2. The Morgan fingerprint density at radius 1 is 0.667 bits per heavy atom. The molecule has 4 nitrogen and oxygen atoms in total. The van der Waals surface area contributed by atoms with Gasteiger partial charge in [0.2, 0.25) is 0 Å². The first-order valence-corrected chi connectivity index (χ1v) is 9.78. The van der Waals surface area contributed by atoms with Crippen molar-refractivity contribution in [3.05, 3.63) is 57.6 Å². The van der Waals surface area contributed by atoms with E-state index in [0.29, 0.717) is 21.2 Å². The fraction of sp³-hybridized carbons (Fsp3) is 0.333. The molecule has 2 rings (SSSR count). The fourth-order valence-electron chi connectivity index (χ4n) is 2.52. The molecule has 0 atom stereocenters. The monoisotopic (exact) mass is 406 g/mol. The lowest BCUT2D eigenvalue weighted by molar-refractivity contribution is 0.474. The van der Waals surface area contributed by atoms with Gasteiger partial charge in [0.25, 0.3) is 0 Å². The zero-order valence-corrected chi connectivity index (χ0v) is 16.6. The van der Waals surface area contributed by atoms with Gasteiger partial charge >= 0.3 is 0 Å². The van der Waals surface area contributed by atoms with Crippen molar-refractivity contribution in [2.45, 2.75) is 32.1 Å². The smallest absolute Gasteiger partial charge is 0.124 e. The molecule has 0 heterocycles. The van der Waals surface area contributed by atoms with Gasteiger partial charge in [-0.2, -0.15) is 0 Å². The van der Waals surface area contributed by atoms with Gasteiger partial charge in [-0.3, -0.25) is 9.98 Å². The van der Waals surface area contributed by atoms with E-state index >= 15 is 0 Å². The summed E-state index contributed by atoms with van der Waals surface area (Å²) in [6.45, 7) is 1.47. The zero-order valence-electron chi connectivity index (χ0n) is 15.1. The van der Waals surface area contributed by atoms with Crippen molar-refractivity contribution in [2.75, 3.05) is 13.1 Å². The van der Waals surface area contributed by atoms with Gasteiger partial charge in [0.1, 0.15) is 11.5 Å². The highest BCUT2D eigenvalue weighted by molar-refractivity contribution is 6.31. The third-order valence-corrected chi connectivity index (χ3v) is 4.48. The average molecular weight is 407 g/mol. The second-order valence-electron chi connectivity index (χ2n) is 6.24. The van der Waals surface area contributed by atoms with E-state index in [4.69, 9.17) is 23.2 Å². The summed E-state index contributed by atoms with van der Waals surface area (Å²) in [4.78, 5) is 8.68. The number of unbranched alkanes of at least 4 members (excludes halogenated alkanes) is 4. The molecule has 0 saturated carbocycles. The lowest BCUT2D eigenvalue weighted by Gasteiger charge is -2.01. The molecule has 0 aromatic heterocycles. The summed E-state index contributed by atoms with van der Waals surface area (Å²) in [5.74, 6) is 0.379. The molecule has 27 heavy (non-hydrogen) atoms. The maximum atomic E-state index is 9.70. The van der Waals surface area contributed by atoms with E-state index < -0.39 is 0 Å². The maximum absolute atomic E-state index is 9.70. The number of halogens is 2. The average Bonchev–Trinajstić information content (AvgIpc) is 2.65. The molecule has 0 radical (unpaired) electrons. The van der Waals surface area contributed by atoms with Crippen LogP contribution in [0.5, 0.6) is 11.5 Å². The molecule has 0 aliphatic heterocycles. The first-order chi connectivity index (χ1) is 13.1. The van der Waals surface area contributed by atoms with Gasteiger partial charge in [0.15, 0.2) is 0 Å². The number of hydrogen-bond acceptors (Lipinski definition) is 4. The van der Waals surface area contributed by atoms with Gasteiger partial charge in [0, 0.05) is 46.7 Å². The summed E-state index contributed by atoms with van der Waals surface area (Å²) in [5.41, 5.74) is 1.29. The van der Waals surface area contributed by atoms with Gasteiger partial charge in [-0.05, 0) is 49.2 Å². The Balaban J connectivity index is 1.55. The van der Waals surface area contributed by atoms with E-state index in [9.17, 15) is 10.2 Å². The molecule has 0 bridgehead atoms. The van der Waals surface area contributed by atoms with Gasteiger partial charge in [-0.1, -0.05) is 42.5 Å². The van der Waals surface area contributed by atoms with Crippen LogP contribution in [0.25, 0.3) is 0 Å². The second kappa shape index (κ2) is 11.6. The molecule has 0 aliphatic rings. The van der Waals surface area contributed by atoms with Crippen molar-refractivity contribution in [1.82, 2.24) is 0 Å². The molecule has 0 aliphatic carbocycles. The predicted octanol–water partition coefficient (Wildman–Crippen LogP) is 5.89. The molecule has 0 spiro atoms. The first-order valence-electron chi connectivity index (χ1n) is 9.03. The summed E-state index contributed by atoms with van der Waals surface area (Å²) in [5, 5.41) is 20.6. The third kappa shape index (κ3) is 8.02. The van der Waals surface area contributed by atoms with E-state index in [1.54, 1.807) is 48.8 Å². The molecular formula is C21H24Cl2N2O2. The van der Waals surface area contributed by atoms with Crippen LogP contribution in [0.3, 0.4) is 0 Å². The number of nitrogens with zero attached hydrogens (tertiary/aromatic N) is 2. The van der Waals surface area contributed by atoms with E-state index in [1.807, 2.05) is 0 Å². The topological polar surface area (TPSA) is 65.2 Å². The van der Waals surface area contributed by atoms with Crippen LogP contribution in [0.15, 0.2) is 46.4 Å². The SMILES string of the molecule is Oc1ccc(Cl)cc1C=NCCCCCCCN=Cc1cc(Cl)ccc1O. The Kier molecular flexibility index (Phi) is 9.16. The summed E-state index contributed by atoms with van der Waals surface area (Å²) in [6.07, 6.45) is 8.71. The van der Waals surface area contributed by atoms with Crippen LogP contribution in [-0.2, 0) is 0 Å². The molecule has 0 amide bonds. The lowest BCUT2D eigenvalue weighted by atomic mass is 10.1. The normalized spacial score (nSPS) is 11.6. The maximum Gasteiger partial charge on any atom is 0.124 e. The van der Waals surface area contributed by atoms with Crippen molar-refractivity contribution >= 4 is 35.6 Å². The van der Waals surface area contributed by atoms with E-state index in [1.165, 1.54) is 0 Å². The molecule has 2 aromatic carbocycles. The minimum atomic E-state index is 0.190. The minimum Gasteiger partial charge on any atom is -0.507 e. The van der Waals surface area contributed by atoms with Crippen molar-refractivity contribution in [3.63, 3.8) is 0 Å². The first kappa shape index (κ1) is 21.3. The van der Waals surface area contributed by atoms with Crippen LogP contribution < -0.4 is 0 Å². The van der Waals surface area contributed by atoms with Gasteiger partial charge in [-0.15, -0.1) is 0 Å². The fourth-order valence-corrected chi connectivity index (χ4v) is 2.88. The van der Waals surface area contributed by atoms with Crippen LogP contribution >= 0.6 is 23.2 Å².